The van der Waals surface area contributed by atoms with Gasteiger partial charge in [0.1, 0.15) is 5.75 Å². The third-order valence-electron chi connectivity index (χ3n) is 4.49. The predicted molar refractivity (Wildman–Crippen MR) is 120 cm³/mol. The van der Waals surface area contributed by atoms with Gasteiger partial charge in [-0.3, -0.25) is 4.79 Å². The van der Waals surface area contributed by atoms with Gasteiger partial charge in [-0.1, -0.05) is 56.9 Å². The molecule has 28 heavy (non-hydrogen) atoms. The Hall–Kier alpha value is -2.40. The van der Waals surface area contributed by atoms with Crippen LogP contribution < -0.4 is 15.4 Å². The second-order valence-electron chi connectivity index (χ2n) is 6.89. The summed E-state index contributed by atoms with van der Waals surface area (Å²) >= 11 is 5.24. The molecular weight excluding hydrogens is 368 g/mol. The molecule has 0 aliphatic heterocycles. The van der Waals surface area contributed by atoms with Crippen LogP contribution in [0, 0.1) is 6.92 Å². The van der Waals surface area contributed by atoms with Gasteiger partial charge in [-0.15, -0.1) is 0 Å². The SMILES string of the molecule is CCCCCCCOc1ccc(NC(=S)NC(=O)Cc2ccccc2C)cc1. The number of thiocarbonyl (C=S) groups is 1. The van der Waals surface area contributed by atoms with Crippen molar-refractivity contribution in [2.45, 2.75) is 52.4 Å². The van der Waals surface area contributed by atoms with Gasteiger partial charge >= 0.3 is 0 Å². The number of unbranched alkanes of at least 4 members (excludes halogenated alkanes) is 4. The van der Waals surface area contributed by atoms with Crippen LogP contribution in [0.4, 0.5) is 5.69 Å². The number of benzene rings is 2. The van der Waals surface area contributed by atoms with E-state index >= 15 is 0 Å². The average Bonchev–Trinajstić information content (AvgIpc) is 2.67. The molecule has 150 valence electrons. The van der Waals surface area contributed by atoms with Crippen LogP contribution in [0.25, 0.3) is 0 Å². The zero-order valence-corrected chi connectivity index (χ0v) is 17.6. The van der Waals surface area contributed by atoms with Crippen molar-refractivity contribution in [1.29, 1.82) is 0 Å². The summed E-state index contributed by atoms with van der Waals surface area (Å²) < 4.78 is 5.76. The molecule has 1 amide bonds. The molecular formula is C23H30N2O2S. The number of hydrogen-bond acceptors (Lipinski definition) is 3. The molecule has 2 rings (SSSR count). The van der Waals surface area contributed by atoms with Crippen LogP contribution in [-0.2, 0) is 11.2 Å². The number of carbonyl (C=O) groups is 1. The largest absolute Gasteiger partial charge is 0.494 e. The Kier molecular flexibility index (Phi) is 9.49. The first-order valence-corrected chi connectivity index (χ1v) is 10.4. The van der Waals surface area contributed by atoms with Gasteiger partial charge in [0, 0.05) is 5.69 Å². The summed E-state index contributed by atoms with van der Waals surface area (Å²) in [5, 5.41) is 6.06. The van der Waals surface area contributed by atoms with Gasteiger partial charge in [-0.25, -0.2) is 0 Å². The fourth-order valence-corrected chi connectivity index (χ4v) is 3.08. The molecule has 0 atom stereocenters. The van der Waals surface area contributed by atoms with Gasteiger partial charge in [-0.2, -0.15) is 0 Å². The van der Waals surface area contributed by atoms with Gasteiger partial charge in [0.05, 0.1) is 13.0 Å². The van der Waals surface area contributed by atoms with Crippen LogP contribution >= 0.6 is 12.2 Å². The summed E-state index contributed by atoms with van der Waals surface area (Å²) in [6, 6.07) is 15.4. The van der Waals surface area contributed by atoms with E-state index in [2.05, 4.69) is 17.6 Å². The molecule has 0 radical (unpaired) electrons. The van der Waals surface area contributed by atoms with Gasteiger partial charge in [0.25, 0.3) is 0 Å². The lowest BCUT2D eigenvalue weighted by molar-refractivity contribution is -0.119. The van der Waals surface area contributed by atoms with Crippen molar-refractivity contribution in [1.82, 2.24) is 5.32 Å². The molecule has 0 saturated carbocycles. The van der Waals surface area contributed by atoms with Crippen LogP contribution in [0.2, 0.25) is 0 Å². The predicted octanol–water partition coefficient (Wildman–Crippen LogP) is 5.40. The maximum absolute atomic E-state index is 12.2. The Labute approximate surface area is 173 Å². The zero-order chi connectivity index (χ0) is 20.2. The average molecular weight is 399 g/mol. The maximum Gasteiger partial charge on any atom is 0.230 e. The number of amides is 1. The molecule has 0 bridgehead atoms. The third kappa shape index (κ3) is 8.09. The molecule has 0 aliphatic carbocycles. The van der Waals surface area contributed by atoms with Gasteiger partial charge in [-0.05, 0) is 61.0 Å². The number of hydrogen-bond donors (Lipinski definition) is 2. The molecule has 2 aromatic rings. The first-order valence-electron chi connectivity index (χ1n) is 9.96. The van der Waals surface area contributed by atoms with Gasteiger partial charge in [0.2, 0.25) is 5.91 Å². The van der Waals surface area contributed by atoms with E-state index in [-0.39, 0.29) is 5.91 Å². The van der Waals surface area contributed by atoms with E-state index in [0.29, 0.717) is 11.5 Å². The number of carbonyl (C=O) groups excluding carboxylic acids is 1. The molecule has 4 nitrogen and oxygen atoms in total. The molecule has 0 saturated heterocycles. The summed E-state index contributed by atoms with van der Waals surface area (Å²) in [4.78, 5) is 12.2. The summed E-state index contributed by atoms with van der Waals surface area (Å²) in [5.74, 6) is 0.713. The van der Waals surface area contributed by atoms with Crippen molar-refractivity contribution in [2.75, 3.05) is 11.9 Å². The van der Waals surface area contributed by atoms with E-state index in [1.54, 1.807) is 0 Å². The Bertz CT molecular complexity index is 759. The zero-order valence-electron chi connectivity index (χ0n) is 16.8. The van der Waals surface area contributed by atoms with Gasteiger partial charge < -0.3 is 15.4 Å². The van der Waals surface area contributed by atoms with E-state index in [0.717, 1.165) is 35.6 Å². The minimum Gasteiger partial charge on any atom is -0.494 e. The van der Waals surface area contributed by atoms with E-state index < -0.39 is 0 Å². The molecule has 2 N–H and O–H groups in total. The van der Waals surface area contributed by atoms with Crippen LogP contribution in [0.1, 0.15) is 50.2 Å². The summed E-state index contributed by atoms with van der Waals surface area (Å²) in [5.41, 5.74) is 2.91. The Morgan fingerprint density at radius 2 is 1.71 bits per heavy atom. The fourth-order valence-electron chi connectivity index (χ4n) is 2.84. The molecule has 0 fully saturated rings. The normalized spacial score (nSPS) is 10.4. The molecule has 0 heterocycles. The topological polar surface area (TPSA) is 50.4 Å². The second kappa shape index (κ2) is 12.1. The lowest BCUT2D eigenvalue weighted by Crippen LogP contribution is -2.35. The summed E-state index contributed by atoms with van der Waals surface area (Å²) in [7, 11) is 0. The Balaban J connectivity index is 1.71. The maximum atomic E-state index is 12.2. The van der Waals surface area contributed by atoms with Crippen molar-refractivity contribution in [3.63, 3.8) is 0 Å². The van der Waals surface area contributed by atoms with E-state index in [9.17, 15) is 4.79 Å². The Morgan fingerprint density at radius 3 is 2.43 bits per heavy atom. The molecule has 0 unspecified atom stereocenters. The lowest BCUT2D eigenvalue weighted by Gasteiger charge is -2.11. The molecule has 0 aliphatic rings. The highest BCUT2D eigenvalue weighted by Crippen LogP contribution is 2.16. The molecule has 2 aromatic carbocycles. The monoisotopic (exact) mass is 398 g/mol. The lowest BCUT2D eigenvalue weighted by atomic mass is 10.1. The van der Waals surface area contributed by atoms with Crippen molar-refractivity contribution in [3.05, 3.63) is 59.7 Å². The van der Waals surface area contributed by atoms with Crippen LogP contribution in [-0.4, -0.2) is 17.6 Å². The second-order valence-corrected chi connectivity index (χ2v) is 7.30. The van der Waals surface area contributed by atoms with E-state index in [1.807, 2.05) is 55.5 Å². The Morgan fingerprint density at radius 1 is 1.00 bits per heavy atom. The van der Waals surface area contributed by atoms with E-state index in [1.165, 1.54) is 25.7 Å². The van der Waals surface area contributed by atoms with E-state index in [4.69, 9.17) is 17.0 Å². The quantitative estimate of drug-likeness (QED) is 0.416. The van der Waals surface area contributed by atoms with Crippen LogP contribution in [0.3, 0.4) is 0 Å². The van der Waals surface area contributed by atoms with Crippen molar-refractivity contribution >= 4 is 28.9 Å². The fraction of sp³-hybridized carbons (Fsp3) is 0.391. The smallest absolute Gasteiger partial charge is 0.230 e. The first kappa shape index (κ1) is 21.9. The number of nitrogens with one attached hydrogen (secondary N) is 2. The third-order valence-corrected chi connectivity index (χ3v) is 4.70. The molecule has 0 aromatic heterocycles. The van der Waals surface area contributed by atoms with Crippen LogP contribution in [0.15, 0.2) is 48.5 Å². The minimum atomic E-state index is -0.130. The highest BCUT2D eigenvalue weighted by Gasteiger charge is 2.08. The van der Waals surface area contributed by atoms with Gasteiger partial charge in [0.15, 0.2) is 5.11 Å². The highest BCUT2D eigenvalue weighted by molar-refractivity contribution is 7.80. The standard InChI is InChI=1S/C23H30N2O2S/c1-3-4-5-6-9-16-27-21-14-12-20(13-15-21)24-23(28)25-22(26)17-19-11-8-7-10-18(19)2/h7-8,10-15H,3-6,9,16-17H2,1-2H3,(H2,24,25,26,28). The molecule has 0 spiro atoms. The summed E-state index contributed by atoms with van der Waals surface area (Å²) in [6.45, 7) is 4.95. The minimum absolute atomic E-state index is 0.130. The van der Waals surface area contributed by atoms with Crippen LogP contribution in [0.5, 0.6) is 5.75 Å². The first-order chi connectivity index (χ1) is 13.6. The highest BCUT2D eigenvalue weighted by atomic mass is 32.1. The summed E-state index contributed by atoms with van der Waals surface area (Å²) in [6.07, 6.45) is 6.42. The number of rotatable bonds is 10. The number of aryl methyl sites for hydroxylation is 1. The molecule has 5 heteroatoms. The number of anilines is 1. The number of ether oxygens (including phenoxy) is 1. The van der Waals surface area contributed by atoms with Crippen molar-refractivity contribution < 1.29 is 9.53 Å². The van der Waals surface area contributed by atoms with Crippen molar-refractivity contribution in [3.8, 4) is 5.75 Å². The van der Waals surface area contributed by atoms with Crippen molar-refractivity contribution in [2.24, 2.45) is 0 Å².